The van der Waals surface area contributed by atoms with Crippen LogP contribution in [0.1, 0.15) is 54.7 Å². The maximum Gasteiger partial charge on any atom is 0.311 e. The lowest BCUT2D eigenvalue weighted by Gasteiger charge is -2.29. The SMILES string of the molecule is O=C(O)C(CC1COc2ccccc2O1)c1cc(CN2CCCC2)c(O)c(CN2CCCC2)c1. The molecule has 2 aromatic rings. The van der Waals surface area contributed by atoms with Gasteiger partial charge in [0.1, 0.15) is 18.5 Å². The Balaban J connectivity index is 1.42. The first-order chi connectivity index (χ1) is 16.6. The average molecular weight is 467 g/mol. The van der Waals surface area contributed by atoms with Gasteiger partial charge in [-0.15, -0.1) is 0 Å². The highest BCUT2D eigenvalue weighted by atomic mass is 16.6. The zero-order chi connectivity index (χ0) is 23.5. The number of phenols is 1. The van der Waals surface area contributed by atoms with E-state index in [1.165, 1.54) is 25.7 Å². The number of ether oxygens (including phenoxy) is 2. The fourth-order valence-electron chi connectivity index (χ4n) is 5.41. The molecule has 0 saturated carbocycles. The van der Waals surface area contributed by atoms with Gasteiger partial charge in [-0.25, -0.2) is 0 Å². The van der Waals surface area contributed by atoms with E-state index in [1.807, 2.05) is 36.4 Å². The minimum Gasteiger partial charge on any atom is -0.507 e. The predicted molar refractivity (Wildman–Crippen MR) is 128 cm³/mol. The Labute approximate surface area is 200 Å². The first-order valence-electron chi connectivity index (χ1n) is 12.5. The number of aromatic hydroxyl groups is 1. The third-order valence-electron chi connectivity index (χ3n) is 7.24. The molecule has 2 atom stereocenters. The summed E-state index contributed by atoms with van der Waals surface area (Å²) in [7, 11) is 0. The van der Waals surface area contributed by atoms with Crippen LogP contribution < -0.4 is 9.47 Å². The van der Waals surface area contributed by atoms with E-state index in [-0.39, 0.29) is 6.10 Å². The van der Waals surface area contributed by atoms with Gasteiger partial charge >= 0.3 is 5.97 Å². The maximum absolute atomic E-state index is 12.4. The van der Waals surface area contributed by atoms with Crippen LogP contribution in [0.4, 0.5) is 0 Å². The number of aliphatic carboxylic acids is 1. The molecule has 182 valence electrons. The Morgan fingerprint density at radius 3 is 2.06 bits per heavy atom. The molecule has 2 unspecified atom stereocenters. The lowest BCUT2D eigenvalue weighted by atomic mass is 9.89. The standard InChI is InChI=1S/C27H34N2O5/c30-26-20(16-28-9-3-4-10-28)13-19(14-21(26)17-29-11-5-6-12-29)23(27(31)32)15-22-18-33-24-7-1-2-8-25(24)34-22/h1-2,7-8,13-14,22-23,30H,3-6,9-12,15-18H2,(H,31,32). The van der Waals surface area contributed by atoms with Crippen molar-refractivity contribution in [3.63, 3.8) is 0 Å². The lowest BCUT2D eigenvalue weighted by molar-refractivity contribution is -0.139. The highest BCUT2D eigenvalue weighted by Crippen LogP contribution is 2.36. The summed E-state index contributed by atoms with van der Waals surface area (Å²) < 4.78 is 11.9. The van der Waals surface area contributed by atoms with Crippen molar-refractivity contribution in [1.82, 2.24) is 9.80 Å². The smallest absolute Gasteiger partial charge is 0.311 e. The number of rotatable bonds is 8. The van der Waals surface area contributed by atoms with Crippen molar-refractivity contribution in [2.24, 2.45) is 0 Å². The Morgan fingerprint density at radius 2 is 1.50 bits per heavy atom. The van der Waals surface area contributed by atoms with Crippen LogP contribution in [0.3, 0.4) is 0 Å². The molecule has 3 heterocycles. The van der Waals surface area contributed by atoms with Gasteiger partial charge in [0.2, 0.25) is 0 Å². The average Bonchev–Trinajstić information content (AvgIpc) is 3.54. The molecular formula is C27H34N2O5. The van der Waals surface area contributed by atoms with Gasteiger partial charge in [-0.2, -0.15) is 0 Å². The number of para-hydroxylation sites is 2. The molecule has 7 heteroatoms. The summed E-state index contributed by atoms with van der Waals surface area (Å²) in [5.41, 5.74) is 2.38. The molecule has 0 amide bonds. The van der Waals surface area contributed by atoms with Gasteiger partial charge in [-0.1, -0.05) is 12.1 Å². The van der Waals surface area contributed by atoms with Gasteiger partial charge in [0, 0.05) is 30.6 Å². The third kappa shape index (κ3) is 5.15. The number of carbonyl (C=O) groups is 1. The summed E-state index contributed by atoms with van der Waals surface area (Å²) in [4.78, 5) is 17.1. The summed E-state index contributed by atoms with van der Waals surface area (Å²) in [6, 6.07) is 11.3. The Morgan fingerprint density at radius 1 is 0.941 bits per heavy atom. The second-order valence-corrected chi connectivity index (χ2v) is 9.78. The number of benzene rings is 2. The van der Waals surface area contributed by atoms with Crippen molar-refractivity contribution in [1.29, 1.82) is 0 Å². The predicted octanol–water partition coefficient (Wildman–Crippen LogP) is 3.98. The van der Waals surface area contributed by atoms with Crippen LogP contribution in [0.25, 0.3) is 0 Å². The van der Waals surface area contributed by atoms with E-state index in [0.29, 0.717) is 43.4 Å². The molecule has 0 spiro atoms. The van der Waals surface area contributed by atoms with Crippen molar-refractivity contribution in [2.45, 2.75) is 57.2 Å². The lowest BCUT2D eigenvalue weighted by Crippen LogP contribution is -2.32. The van der Waals surface area contributed by atoms with Gasteiger partial charge < -0.3 is 19.7 Å². The van der Waals surface area contributed by atoms with Crippen molar-refractivity contribution in [3.05, 3.63) is 53.1 Å². The monoisotopic (exact) mass is 466 g/mol. The third-order valence-corrected chi connectivity index (χ3v) is 7.24. The van der Waals surface area contributed by atoms with Crippen LogP contribution in [0.2, 0.25) is 0 Å². The maximum atomic E-state index is 12.4. The normalized spacial score (nSPS) is 21.6. The first-order valence-corrected chi connectivity index (χ1v) is 12.5. The van der Waals surface area contributed by atoms with E-state index in [0.717, 1.165) is 42.9 Å². The van der Waals surface area contributed by atoms with Crippen molar-refractivity contribution < 1.29 is 24.5 Å². The number of carboxylic acid groups (broad SMARTS) is 1. The zero-order valence-electron chi connectivity index (χ0n) is 19.6. The molecule has 3 aliphatic rings. The number of fused-ring (bicyclic) bond motifs is 1. The first kappa shape index (κ1) is 23.0. The number of hydrogen-bond acceptors (Lipinski definition) is 6. The molecule has 0 aromatic heterocycles. The molecule has 0 bridgehead atoms. The van der Waals surface area contributed by atoms with E-state index in [1.54, 1.807) is 0 Å². The van der Waals surface area contributed by atoms with E-state index in [4.69, 9.17) is 9.47 Å². The molecule has 2 saturated heterocycles. The van der Waals surface area contributed by atoms with Crippen molar-refractivity contribution in [2.75, 3.05) is 32.8 Å². The van der Waals surface area contributed by atoms with Crippen LogP contribution in [0.15, 0.2) is 36.4 Å². The molecule has 3 aliphatic heterocycles. The summed E-state index contributed by atoms with van der Waals surface area (Å²) in [5.74, 6) is 0.0356. The quantitative estimate of drug-likeness (QED) is 0.609. The van der Waals surface area contributed by atoms with E-state index in [2.05, 4.69) is 9.80 Å². The molecule has 0 radical (unpaired) electrons. The molecular weight excluding hydrogens is 432 g/mol. The molecule has 7 nitrogen and oxygen atoms in total. The summed E-state index contributed by atoms with van der Waals surface area (Å²) in [6.07, 6.45) is 4.62. The summed E-state index contributed by atoms with van der Waals surface area (Å²) in [5, 5.41) is 21.3. The number of hydrogen-bond donors (Lipinski definition) is 2. The molecule has 0 aliphatic carbocycles. The van der Waals surface area contributed by atoms with Gasteiger partial charge in [-0.05, 0) is 81.7 Å². The minimum atomic E-state index is -0.882. The second-order valence-electron chi connectivity index (χ2n) is 9.78. The van der Waals surface area contributed by atoms with Crippen LogP contribution in [0, 0.1) is 0 Å². The van der Waals surface area contributed by atoms with Crippen molar-refractivity contribution >= 4 is 5.97 Å². The van der Waals surface area contributed by atoms with Crippen molar-refractivity contribution in [3.8, 4) is 17.2 Å². The molecule has 2 fully saturated rings. The fourth-order valence-corrected chi connectivity index (χ4v) is 5.41. The Hall–Kier alpha value is -2.77. The van der Waals surface area contributed by atoms with Crippen LogP contribution >= 0.6 is 0 Å². The Bertz CT molecular complexity index is 975. The fraction of sp³-hybridized carbons (Fsp3) is 0.519. The van der Waals surface area contributed by atoms with Crippen LogP contribution in [-0.2, 0) is 17.9 Å². The largest absolute Gasteiger partial charge is 0.507 e. The topological polar surface area (TPSA) is 82.5 Å². The molecule has 5 rings (SSSR count). The number of nitrogens with zero attached hydrogens (tertiary/aromatic N) is 2. The Kier molecular flexibility index (Phi) is 6.92. The van der Waals surface area contributed by atoms with Gasteiger partial charge in [0.25, 0.3) is 0 Å². The number of phenolic OH excluding ortho intramolecular Hbond substituents is 1. The van der Waals surface area contributed by atoms with E-state index >= 15 is 0 Å². The summed E-state index contributed by atoms with van der Waals surface area (Å²) >= 11 is 0. The highest BCUT2D eigenvalue weighted by molar-refractivity contribution is 5.76. The second kappa shape index (κ2) is 10.2. The minimum absolute atomic E-state index is 0.306. The van der Waals surface area contributed by atoms with E-state index in [9.17, 15) is 15.0 Å². The van der Waals surface area contributed by atoms with Gasteiger partial charge in [-0.3, -0.25) is 14.6 Å². The van der Waals surface area contributed by atoms with Gasteiger partial charge in [0.05, 0.1) is 5.92 Å². The highest BCUT2D eigenvalue weighted by Gasteiger charge is 2.31. The van der Waals surface area contributed by atoms with E-state index < -0.39 is 11.9 Å². The number of carboxylic acids is 1. The van der Waals surface area contributed by atoms with Crippen LogP contribution in [0.5, 0.6) is 17.2 Å². The van der Waals surface area contributed by atoms with Gasteiger partial charge in [0.15, 0.2) is 11.5 Å². The summed E-state index contributed by atoms with van der Waals surface area (Å²) in [6.45, 7) is 5.67. The van der Waals surface area contributed by atoms with Crippen LogP contribution in [-0.4, -0.2) is 64.9 Å². The number of likely N-dealkylation sites (tertiary alicyclic amines) is 2. The molecule has 34 heavy (non-hydrogen) atoms. The molecule has 2 N–H and O–H groups in total. The zero-order valence-corrected chi connectivity index (χ0v) is 19.6. The molecule has 2 aromatic carbocycles.